The highest BCUT2D eigenvalue weighted by molar-refractivity contribution is 8.14. The van der Waals surface area contributed by atoms with Crippen molar-refractivity contribution in [1.29, 1.82) is 0 Å². The minimum atomic E-state index is 0.0602. The van der Waals surface area contributed by atoms with Crippen molar-refractivity contribution in [3.8, 4) is 0 Å². The van der Waals surface area contributed by atoms with Gasteiger partial charge in [0.05, 0.1) is 0 Å². The first kappa shape index (κ1) is 5.02. The van der Waals surface area contributed by atoms with Gasteiger partial charge in [0.2, 0.25) is 0 Å². The topological polar surface area (TPSA) is 17.1 Å². The van der Waals surface area contributed by atoms with Gasteiger partial charge in [0.1, 0.15) is 0 Å². The molecular weight excluding hydrogens is 84.1 g/mol. The molecule has 0 heterocycles. The van der Waals surface area contributed by atoms with Crippen molar-refractivity contribution < 1.29 is 4.79 Å². The second-order valence-electron chi connectivity index (χ2n) is 0.636. The predicted molar refractivity (Wildman–Crippen MR) is 23.6 cm³/mol. The molecule has 0 fully saturated rings. The lowest BCUT2D eigenvalue weighted by atomic mass is 10.9. The first-order valence-electron chi connectivity index (χ1n) is 1.20. The summed E-state index contributed by atoms with van der Waals surface area (Å²) in [6.07, 6.45) is 3.25. The average Bonchev–Trinajstić information content (AvgIpc) is 1.38. The fourth-order valence-corrected chi connectivity index (χ4v) is 0. The van der Waals surface area contributed by atoms with Crippen LogP contribution < -0.4 is 0 Å². The van der Waals surface area contributed by atoms with Crippen molar-refractivity contribution in [3.63, 3.8) is 0 Å². The van der Waals surface area contributed by atoms with E-state index in [2.05, 4.69) is 6.26 Å². The van der Waals surface area contributed by atoms with E-state index in [1.165, 1.54) is 6.92 Å². The Balaban J connectivity index is 2.85. The van der Waals surface area contributed by atoms with E-state index in [1.807, 2.05) is 0 Å². The zero-order chi connectivity index (χ0) is 4.28. The van der Waals surface area contributed by atoms with E-state index in [-0.39, 0.29) is 5.12 Å². The molecule has 0 aliphatic rings. The Kier molecular flexibility index (Phi) is 2.28. The van der Waals surface area contributed by atoms with E-state index in [0.29, 0.717) is 0 Å². The molecule has 0 saturated heterocycles. The van der Waals surface area contributed by atoms with Gasteiger partial charge in [0, 0.05) is 13.2 Å². The normalized spacial score (nSPS) is 7.60. The number of rotatable bonds is 0. The van der Waals surface area contributed by atoms with Crippen molar-refractivity contribution in [2.75, 3.05) is 0 Å². The Labute approximate surface area is 35.8 Å². The van der Waals surface area contributed by atoms with Gasteiger partial charge in [-0.05, 0) is 0 Å². The number of thioether (sulfide) groups is 1. The van der Waals surface area contributed by atoms with Gasteiger partial charge >= 0.3 is 0 Å². The van der Waals surface area contributed by atoms with Crippen LogP contribution in [0.3, 0.4) is 0 Å². The van der Waals surface area contributed by atoms with Crippen molar-refractivity contribution in [1.82, 2.24) is 0 Å². The van der Waals surface area contributed by atoms with Crippen molar-refractivity contribution in [2.24, 2.45) is 0 Å². The van der Waals surface area contributed by atoms with Crippen LogP contribution in [0.4, 0.5) is 0 Å². The lowest BCUT2D eigenvalue weighted by Crippen LogP contribution is -1.70. The molecule has 0 aromatic heterocycles. The second-order valence-corrected chi connectivity index (χ2v) is 1.50. The first-order valence-corrected chi connectivity index (χ1v) is 2.18. The number of carbonyl (C=O) groups excluding carboxylic acids is 1. The Bertz CT molecular complexity index is 42.2. The molecule has 0 aliphatic heterocycles. The monoisotopic (exact) mass is 89.0 g/mol. The molecule has 0 N–H and O–H groups in total. The van der Waals surface area contributed by atoms with Gasteiger partial charge < -0.3 is 0 Å². The molecule has 2 heteroatoms. The predicted octanol–water partition coefficient (Wildman–Crippen LogP) is 1.06. The Hall–Kier alpha value is 0.0200. The van der Waals surface area contributed by atoms with Gasteiger partial charge in [-0.2, -0.15) is 0 Å². The van der Waals surface area contributed by atoms with E-state index < -0.39 is 0 Å². The molecule has 0 saturated carbocycles. The quantitative estimate of drug-likeness (QED) is 0.441. The molecule has 0 aromatic carbocycles. The molecule has 0 bridgehead atoms. The molecule has 29 valence electrons. The van der Waals surface area contributed by atoms with Gasteiger partial charge in [-0.25, -0.2) is 0 Å². The third kappa shape index (κ3) is 4.02. The maximum absolute atomic E-state index is 9.71. The van der Waals surface area contributed by atoms with Crippen LogP contribution >= 0.6 is 11.8 Å². The van der Waals surface area contributed by atoms with Gasteiger partial charge in [0.25, 0.3) is 0 Å². The van der Waals surface area contributed by atoms with Gasteiger partial charge in [0.15, 0.2) is 5.12 Å². The third-order valence-corrected chi connectivity index (χ3v) is 0.610. The summed E-state index contributed by atoms with van der Waals surface area (Å²) in [7, 11) is 0. The summed E-state index contributed by atoms with van der Waals surface area (Å²) in [5, 5.41) is 0.0602. The summed E-state index contributed by atoms with van der Waals surface area (Å²) in [5.41, 5.74) is 0. The fraction of sp³-hybridized carbons (Fsp3) is 0.333. The van der Waals surface area contributed by atoms with Gasteiger partial charge in [-0.3, -0.25) is 4.79 Å². The SMILES string of the molecule is [CH2]SC(C)=O. The van der Waals surface area contributed by atoms with Crippen LogP contribution in [-0.4, -0.2) is 5.12 Å². The lowest BCUT2D eigenvalue weighted by Gasteiger charge is -1.71. The molecule has 0 rings (SSSR count). The Morgan fingerprint density at radius 3 is 2.20 bits per heavy atom. The van der Waals surface area contributed by atoms with Crippen LogP contribution in [0, 0.1) is 6.26 Å². The zero-order valence-corrected chi connectivity index (χ0v) is 3.84. The Morgan fingerprint density at radius 2 is 2.20 bits per heavy atom. The van der Waals surface area contributed by atoms with E-state index >= 15 is 0 Å². The molecule has 5 heavy (non-hydrogen) atoms. The van der Waals surface area contributed by atoms with Crippen LogP contribution in [0.15, 0.2) is 0 Å². The minimum Gasteiger partial charge on any atom is -0.288 e. The van der Waals surface area contributed by atoms with E-state index in [1.54, 1.807) is 0 Å². The molecular formula is C3H5OS. The summed E-state index contributed by atoms with van der Waals surface area (Å²) >= 11 is 0.991. The fourth-order valence-electron chi connectivity index (χ4n) is 0. The molecule has 1 radical (unpaired) electrons. The van der Waals surface area contributed by atoms with Crippen LogP contribution in [-0.2, 0) is 4.79 Å². The minimum absolute atomic E-state index is 0.0602. The second kappa shape index (κ2) is 2.27. The standard InChI is InChI=1S/C3H5OS/c1-3(4)5-2/h2H2,1H3. The van der Waals surface area contributed by atoms with Crippen LogP contribution in [0.25, 0.3) is 0 Å². The average molecular weight is 89.1 g/mol. The molecule has 0 amide bonds. The number of hydrogen-bond acceptors (Lipinski definition) is 2. The lowest BCUT2D eigenvalue weighted by molar-refractivity contribution is -0.109. The zero-order valence-electron chi connectivity index (χ0n) is 3.02. The Morgan fingerprint density at radius 1 is 2.00 bits per heavy atom. The summed E-state index contributed by atoms with van der Waals surface area (Å²) in [6.45, 7) is 1.48. The van der Waals surface area contributed by atoms with Crippen molar-refractivity contribution in [2.45, 2.75) is 6.92 Å². The molecule has 1 nitrogen and oxygen atoms in total. The molecule has 0 aromatic rings. The smallest absolute Gasteiger partial charge is 0.185 e. The van der Waals surface area contributed by atoms with Crippen molar-refractivity contribution in [3.05, 3.63) is 6.26 Å². The van der Waals surface area contributed by atoms with Gasteiger partial charge in [-0.15, -0.1) is 0 Å². The summed E-state index contributed by atoms with van der Waals surface area (Å²) in [5.74, 6) is 0. The molecule has 0 atom stereocenters. The third-order valence-electron chi connectivity index (χ3n) is 0.203. The van der Waals surface area contributed by atoms with Crippen LogP contribution in [0.5, 0.6) is 0 Å². The largest absolute Gasteiger partial charge is 0.288 e. The summed E-state index contributed by atoms with van der Waals surface area (Å²) in [6, 6.07) is 0. The van der Waals surface area contributed by atoms with Gasteiger partial charge in [-0.1, -0.05) is 11.8 Å². The highest BCUT2D eigenvalue weighted by atomic mass is 32.2. The highest BCUT2D eigenvalue weighted by Crippen LogP contribution is 1.92. The number of carbonyl (C=O) groups is 1. The van der Waals surface area contributed by atoms with Crippen molar-refractivity contribution >= 4 is 16.9 Å². The maximum atomic E-state index is 9.71. The number of hydrogen-bond donors (Lipinski definition) is 0. The van der Waals surface area contributed by atoms with Crippen LogP contribution in [0.1, 0.15) is 6.92 Å². The molecule has 0 aliphatic carbocycles. The van der Waals surface area contributed by atoms with E-state index in [9.17, 15) is 4.79 Å². The highest BCUT2D eigenvalue weighted by Gasteiger charge is 1.77. The van der Waals surface area contributed by atoms with E-state index in [4.69, 9.17) is 0 Å². The summed E-state index contributed by atoms with van der Waals surface area (Å²) in [4.78, 5) is 9.71. The maximum Gasteiger partial charge on any atom is 0.185 e. The first-order chi connectivity index (χ1) is 2.27. The van der Waals surface area contributed by atoms with Crippen LogP contribution in [0.2, 0.25) is 0 Å². The molecule has 0 unspecified atom stereocenters. The molecule has 0 spiro atoms. The van der Waals surface area contributed by atoms with E-state index in [0.717, 1.165) is 11.8 Å². The summed E-state index contributed by atoms with van der Waals surface area (Å²) < 4.78 is 0.